The van der Waals surface area contributed by atoms with E-state index in [9.17, 15) is 9.59 Å². The molecule has 0 unspecified atom stereocenters. The van der Waals surface area contributed by atoms with Crippen LogP contribution in [0.5, 0.6) is 0 Å². The van der Waals surface area contributed by atoms with Crippen molar-refractivity contribution in [2.45, 2.75) is 174 Å². The van der Waals surface area contributed by atoms with Crippen LogP contribution in [-0.2, 0) is 14.3 Å². The van der Waals surface area contributed by atoms with E-state index in [4.69, 9.17) is 9.84 Å². The molecule has 0 atom stereocenters. The Labute approximate surface area is 224 Å². The van der Waals surface area contributed by atoms with Gasteiger partial charge in [0.25, 0.3) is 0 Å². The third-order valence-electron chi connectivity index (χ3n) is 6.94. The van der Waals surface area contributed by atoms with E-state index in [0.717, 1.165) is 38.5 Å². The van der Waals surface area contributed by atoms with E-state index in [1.54, 1.807) is 0 Å². The summed E-state index contributed by atoms with van der Waals surface area (Å²) in [6.45, 7) is 2.85. The van der Waals surface area contributed by atoms with Gasteiger partial charge in [-0.1, -0.05) is 128 Å². The molecule has 1 N–H and O–H groups in total. The first-order valence-electron chi connectivity index (χ1n) is 15.7. The van der Waals surface area contributed by atoms with Gasteiger partial charge in [0.1, 0.15) is 0 Å². The Balaban J connectivity index is 3.20. The summed E-state index contributed by atoms with van der Waals surface area (Å²) in [4.78, 5) is 22.3. The number of unbranched alkanes of at least 4 members (excludes halogenated alkanes) is 21. The average molecular weight is 509 g/mol. The Bertz CT molecular complexity index is 500. The lowest BCUT2D eigenvalue weighted by molar-refractivity contribution is -0.144. The van der Waals surface area contributed by atoms with Crippen LogP contribution in [0.4, 0.5) is 0 Å². The fourth-order valence-corrected chi connectivity index (χ4v) is 4.57. The van der Waals surface area contributed by atoms with Crippen LogP contribution >= 0.6 is 0 Å². The monoisotopic (exact) mass is 508 g/mol. The van der Waals surface area contributed by atoms with Crippen LogP contribution in [0.1, 0.15) is 174 Å². The second-order valence-electron chi connectivity index (χ2n) is 10.6. The largest absolute Gasteiger partial charge is 0.481 e. The standard InChI is InChI=1S/C32H60O4/c1-2-3-4-5-6-7-8-9-10-14-17-20-23-26-29-32(35)36-30-27-24-21-18-15-12-11-13-16-19-22-25-28-31(33)34/h8-9H,2-7,10-30H2,1H3,(H,33,34)/b9-8-. The Kier molecular flexibility index (Phi) is 28.8. The molecule has 0 rings (SSSR count). The minimum Gasteiger partial charge on any atom is -0.481 e. The lowest BCUT2D eigenvalue weighted by Gasteiger charge is -2.05. The molecule has 0 aromatic carbocycles. The minimum absolute atomic E-state index is 0.0140. The van der Waals surface area contributed by atoms with Gasteiger partial charge in [-0.05, 0) is 44.9 Å². The number of rotatable bonds is 29. The fraction of sp³-hybridized carbons (Fsp3) is 0.875. The van der Waals surface area contributed by atoms with E-state index >= 15 is 0 Å². The smallest absolute Gasteiger partial charge is 0.305 e. The molecule has 0 amide bonds. The molecular weight excluding hydrogens is 448 g/mol. The number of hydrogen-bond donors (Lipinski definition) is 1. The molecule has 0 aromatic heterocycles. The molecular formula is C32H60O4. The van der Waals surface area contributed by atoms with Crippen molar-refractivity contribution in [1.82, 2.24) is 0 Å². The van der Waals surface area contributed by atoms with Gasteiger partial charge < -0.3 is 9.84 Å². The third kappa shape index (κ3) is 30.7. The Morgan fingerprint density at radius 2 is 0.917 bits per heavy atom. The van der Waals surface area contributed by atoms with Gasteiger partial charge in [-0.15, -0.1) is 0 Å². The minimum atomic E-state index is -0.674. The molecule has 0 fully saturated rings. The molecule has 0 aliphatic heterocycles. The zero-order valence-electron chi connectivity index (χ0n) is 23.9. The quantitative estimate of drug-likeness (QED) is 0.0620. The summed E-state index contributed by atoms with van der Waals surface area (Å²) in [5, 5.41) is 8.61. The summed E-state index contributed by atoms with van der Waals surface area (Å²) in [6.07, 6.45) is 34.9. The van der Waals surface area contributed by atoms with Gasteiger partial charge in [0.2, 0.25) is 0 Å². The number of carboxylic acid groups (broad SMARTS) is 1. The second-order valence-corrected chi connectivity index (χ2v) is 10.6. The summed E-state index contributed by atoms with van der Waals surface area (Å²) in [7, 11) is 0. The third-order valence-corrected chi connectivity index (χ3v) is 6.94. The predicted molar refractivity (Wildman–Crippen MR) is 153 cm³/mol. The van der Waals surface area contributed by atoms with Gasteiger partial charge in [-0.25, -0.2) is 0 Å². The second kappa shape index (κ2) is 29.9. The molecule has 0 saturated carbocycles. The molecule has 0 heterocycles. The molecule has 0 aliphatic rings. The van der Waals surface area contributed by atoms with E-state index in [1.807, 2.05) is 0 Å². The van der Waals surface area contributed by atoms with Crippen LogP contribution in [0.15, 0.2) is 12.2 Å². The summed E-state index contributed by atoms with van der Waals surface area (Å²) >= 11 is 0. The van der Waals surface area contributed by atoms with E-state index in [1.165, 1.54) is 116 Å². The number of ether oxygens (including phenoxy) is 1. The van der Waals surface area contributed by atoms with E-state index in [-0.39, 0.29) is 5.97 Å². The highest BCUT2D eigenvalue weighted by Gasteiger charge is 2.02. The van der Waals surface area contributed by atoms with Gasteiger partial charge in [0.15, 0.2) is 0 Å². The zero-order valence-corrected chi connectivity index (χ0v) is 23.9. The number of aliphatic carboxylic acids is 1. The lowest BCUT2D eigenvalue weighted by Crippen LogP contribution is -2.05. The SMILES string of the molecule is CCCCCCC/C=C\CCCCCCCC(=O)OCCCCCCCCCCCCCCC(=O)O. The molecule has 36 heavy (non-hydrogen) atoms. The van der Waals surface area contributed by atoms with Crippen LogP contribution < -0.4 is 0 Å². The van der Waals surface area contributed by atoms with Crippen molar-refractivity contribution in [3.63, 3.8) is 0 Å². The number of hydrogen-bond acceptors (Lipinski definition) is 3. The maximum Gasteiger partial charge on any atom is 0.305 e. The first kappa shape index (κ1) is 34.7. The number of carbonyl (C=O) groups excluding carboxylic acids is 1. The van der Waals surface area contributed by atoms with Crippen LogP contribution in [0, 0.1) is 0 Å². The maximum absolute atomic E-state index is 11.9. The first-order chi connectivity index (χ1) is 17.7. The van der Waals surface area contributed by atoms with Gasteiger partial charge in [0, 0.05) is 12.8 Å². The number of allylic oxidation sites excluding steroid dienone is 2. The van der Waals surface area contributed by atoms with Gasteiger partial charge in [-0.2, -0.15) is 0 Å². The topological polar surface area (TPSA) is 63.6 Å². The van der Waals surface area contributed by atoms with E-state index in [0.29, 0.717) is 19.4 Å². The van der Waals surface area contributed by atoms with Gasteiger partial charge in [0.05, 0.1) is 6.61 Å². The highest BCUT2D eigenvalue weighted by atomic mass is 16.5. The summed E-state index contributed by atoms with van der Waals surface area (Å²) < 4.78 is 5.39. The molecule has 0 saturated heterocycles. The van der Waals surface area contributed by atoms with Crippen LogP contribution in [-0.4, -0.2) is 23.7 Å². The Morgan fingerprint density at radius 3 is 1.39 bits per heavy atom. The van der Waals surface area contributed by atoms with Crippen molar-refractivity contribution in [3.05, 3.63) is 12.2 Å². The van der Waals surface area contributed by atoms with E-state index < -0.39 is 5.97 Å². The van der Waals surface area contributed by atoms with Crippen molar-refractivity contribution < 1.29 is 19.4 Å². The maximum atomic E-state index is 11.9. The van der Waals surface area contributed by atoms with Crippen LogP contribution in [0.25, 0.3) is 0 Å². The molecule has 0 bridgehead atoms. The lowest BCUT2D eigenvalue weighted by atomic mass is 10.0. The summed E-state index contributed by atoms with van der Waals surface area (Å²) in [5.41, 5.74) is 0. The highest BCUT2D eigenvalue weighted by molar-refractivity contribution is 5.69. The molecule has 0 radical (unpaired) electrons. The van der Waals surface area contributed by atoms with Crippen molar-refractivity contribution in [2.75, 3.05) is 6.61 Å². The van der Waals surface area contributed by atoms with Crippen LogP contribution in [0.3, 0.4) is 0 Å². The Hall–Kier alpha value is -1.32. The predicted octanol–water partition coefficient (Wildman–Crippen LogP) is 10.3. The number of carbonyl (C=O) groups is 2. The number of carboxylic acids is 1. The molecule has 4 nitrogen and oxygen atoms in total. The van der Waals surface area contributed by atoms with Gasteiger partial charge in [-0.3, -0.25) is 9.59 Å². The summed E-state index contributed by atoms with van der Waals surface area (Å²) in [5.74, 6) is -0.688. The van der Waals surface area contributed by atoms with Crippen molar-refractivity contribution in [3.8, 4) is 0 Å². The molecule has 0 spiro atoms. The van der Waals surface area contributed by atoms with E-state index in [2.05, 4.69) is 19.1 Å². The molecule has 212 valence electrons. The van der Waals surface area contributed by atoms with Crippen molar-refractivity contribution in [1.29, 1.82) is 0 Å². The first-order valence-corrected chi connectivity index (χ1v) is 15.7. The van der Waals surface area contributed by atoms with Crippen molar-refractivity contribution in [2.24, 2.45) is 0 Å². The Morgan fingerprint density at radius 1 is 0.528 bits per heavy atom. The molecule has 0 aromatic rings. The van der Waals surface area contributed by atoms with Gasteiger partial charge >= 0.3 is 11.9 Å². The average Bonchev–Trinajstić information content (AvgIpc) is 2.86. The molecule has 4 heteroatoms. The normalized spacial score (nSPS) is 11.4. The van der Waals surface area contributed by atoms with Crippen molar-refractivity contribution >= 4 is 11.9 Å². The van der Waals surface area contributed by atoms with Crippen LogP contribution in [0.2, 0.25) is 0 Å². The zero-order chi connectivity index (χ0) is 26.4. The fourth-order valence-electron chi connectivity index (χ4n) is 4.57. The number of esters is 1. The summed E-state index contributed by atoms with van der Waals surface area (Å²) in [6, 6.07) is 0. The molecule has 0 aliphatic carbocycles. The highest BCUT2D eigenvalue weighted by Crippen LogP contribution is 2.13.